The molecule has 1 aliphatic heterocycles. The van der Waals surface area contributed by atoms with Gasteiger partial charge in [0.05, 0.1) is 21.3 Å². The van der Waals surface area contributed by atoms with Crippen LogP contribution in [0.1, 0.15) is 34.3 Å². The summed E-state index contributed by atoms with van der Waals surface area (Å²) in [5.74, 6) is -0.394. The van der Waals surface area contributed by atoms with E-state index in [1.54, 1.807) is 30.6 Å². The first-order chi connectivity index (χ1) is 16.5. The molecule has 1 aliphatic rings. The minimum atomic E-state index is -0.240. The molecule has 0 unspecified atom stereocenters. The van der Waals surface area contributed by atoms with E-state index in [0.717, 1.165) is 43.6 Å². The number of nitrogens with zero attached hydrogens (tertiary/aromatic N) is 2. The van der Waals surface area contributed by atoms with Crippen molar-refractivity contribution in [3.05, 3.63) is 93.7 Å². The lowest BCUT2D eigenvalue weighted by atomic mass is 9.95. The molecule has 34 heavy (non-hydrogen) atoms. The average Bonchev–Trinajstić information content (AvgIpc) is 2.86. The Bertz CT molecular complexity index is 1150. The minimum absolute atomic E-state index is 0.0540. The van der Waals surface area contributed by atoms with Gasteiger partial charge in [0.25, 0.3) is 5.91 Å². The third kappa shape index (κ3) is 6.35. The van der Waals surface area contributed by atoms with E-state index >= 15 is 0 Å². The molecule has 0 bridgehead atoms. The maximum absolute atomic E-state index is 13.0. The minimum Gasteiger partial charge on any atom is -0.348 e. The summed E-state index contributed by atoms with van der Waals surface area (Å²) in [5.41, 5.74) is 2.97. The van der Waals surface area contributed by atoms with Gasteiger partial charge in [-0.05, 0) is 67.4 Å². The van der Waals surface area contributed by atoms with Crippen LogP contribution >= 0.6 is 23.2 Å². The van der Waals surface area contributed by atoms with Gasteiger partial charge in [-0.15, -0.1) is 0 Å². The zero-order chi connectivity index (χ0) is 23.9. The van der Waals surface area contributed by atoms with E-state index in [0.29, 0.717) is 27.8 Å². The number of amides is 2. The summed E-state index contributed by atoms with van der Waals surface area (Å²) in [7, 11) is 0. The predicted molar refractivity (Wildman–Crippen MR) is 135 cm³/mol. The second kappa shape index (κ2) is 11.5. The molecule has 1 saturated heterocycles. The molecule has 6 nitrogen and oxygen atoms in total. The number of carbonyl (C=O) groups is 2. The molecule has 2 aromatic carbocycles. The molecule has 2 amide bonds. The van der Waals surface area contributed by atoms with Gasteiger partial charge in [-0.3, -0.25) is 19.5 Å². The fraction of sp³-hybridized carbons (Fsp3) is 0.269. The molecule has 0 saturated carbocycles. The van der Waals surface area contributed by atoms with E-state index in [1.807, 2.05) is 36.4 Å². The van der Waals surface area contributed by atoms with Crippen molar-refractivity contribution in [3.63, 3.8) is 0 Å². The standard InChI is InChI=1S/C26H26Cl2N4O2/c27-22-8-7-18(14-23(22)28)17-32-12-9-20(10-13-32)25(33)31-24-6-2-1-5-21(24)26(34)30-16-19-4-3-11-29-15-19/h1-8,11,14-15,20H,9-10,12-13,16-17H2,(H,30,34)(H,31,33). The van der Waals surface area contributed by atoms with Gasteiger partial charge in [0, 0.05) is 31.4 Å². The third-order valence-corrected chi connectivity index (χ3v) is 6.69. The lowest BCUT2D eigenvalue weighted by Gasteiger charge is -2.31. The highest BCUT2D eigenvalue weighted by molar-refractivity contribution is 6.42. The number of pyridine rings is 1. The molecule has 2 heterocycles. The van der Waals surface area contributed by atoms with Gasteiger partial charge in [-0.1, -0.05) is 47.5 Å². The maximum atomic E-state index is 13.0. The van der Waals surface area contributed by atoms with Crippen LogP contribution in [-0.2, 0) is 17.9 Å². The van der Waals surface area contributed by atoms with Crippen LogP contribution in [-0.4, -0.2) is 34.8 Å². The van der Waals surface area contributed by atoms with E-state index in [2.05, 4.69) is 20.5 Å². The Morgan fingerprint density at radius 1 is 0.971 bits per heavy atom. The number of likely N-dealkylation sites (tertiary alicyclic amines) is 1. The SMILES string of the molecule is O=C(NCc1cccnc1)c1ccccc1NC(=O)C1CCN(Cc2ccc(Cl)c(Cl)c2)CC1. The number of piperidine rings is 1. The lowest BCUT2D eigenvalue weighted by molar-refractivity contribution is -0.121. The maximum Gasteiger partial charge on any atom is 0.253 e. The van der Waals surface area contributed by atoms with E-state index < -0.39 is 0 Å². The van der Waals surface area contributed by atoms with E-state index in [4.69, 9.17) is 23.2 Å². The fourth-order valence-corrected chi connectivity index (χ4v) is 4.38. The zero-order valence-electron chi connectivity index (χ0n) is 18.6. The van der Waals surface area contributed by atoms with Crippen LogP contribution in [0, 0.1) is 5.92 Å². The first kappa shape index (κ1) is 24.2. The molecular formula is C26H26Cl2N4O2. The summed E-state index contributed by atoms with van der Waals surface area (Å²) in [6.07, 6.45) is 4.90. The smallest absolute Gasteiger partial charge is 0.253 e. The van der Waals surface area contributed by atoms with Crippen LogP contribution in [0.2, 0.25) is 10.0 Å². The summed E-state index contributed by atoms with van der Waals surface area (Å²) in [4.78, 5) is 32.1. The number of hydrogen-bond donors (Lipinski definition) is 2. The van der Waals surface area contributed by atoms with Crippen molar-refractivity contribution in [1.29, 1.82) is 0 Å². The number of halogens is 2. The number of benzene rings is 2. The van der Waals surface area contributed by atoms with Crippen molar-refractivity contribution in [1.82, 2.24) is 15.2 Å². The monoisotopic (exact) mass is 496 g/mol. The van der Waals surface area contributed by atoms with Gasteiger partial charge in [0.1, 0.15) is 0 Å². The Labute approximate surface area is 209 Å². The predicted octanol–water partition coefficient (Wildman–Crippen LogP) is 5.17. The Hall–Kier alpha value is -2.93. The lowest BCUT2D eigenvalue weighted by Crippen LogP contribution is -2.38. The van der Waals surface area contributed by atoms with Gasteiger partial charge in [-0.25, -0.2) is 0 Å². The van der Waals surface area contributed by atoms with Crippen LogP contribution in [0.5, 0.6) is 0 Å². The van der Waals surface area contributed by atoms with Crippen LogP contribution in [0.15, 0.2) is 67.0 Å². The Balaban J connectivity index is 1.31. The van der Waals surface area contributed by atoms with Crippen LogP contribution < -0.4 is 10.6 Å². The summed E-state index contributed by atoms with van der Waals surface area (Å²) in [6, 6.07) is 16.5. The molecule has 2 N–H and O–H groups in total. The highest BCUT2D eigenvalue weighted by atomic mass is 35.5. The molecule has 8 heteroatoms. The first-order valence-electron chi connectivity index (χ1n) is 11.2. The van der Waals surface area contributed by atoms with Gasteiger partial charge in [-0.2, -0.15) is 0 Å². The summed E-state index contributed by atoms with van der Waals surface area (Å²) in [5, 5.41) is 6.97. The number of anilines is 1. The fourth-order valence-electron chi connectivity index (χ4n) is 4.05. The summed E-state index contributed by atoms with van der Waals surface area (Å²) < 4.78 is 0. The van der Waals surface area contributed by atoms with Crippen LogP contribution in [0.4, 0.5) is 5.69 Å². The van der Waals surface area contributed by atoms with Crippen molar-refractivity contribution in [3.8, 4) is 0 Å². The largest absolute Gasteiger partial charge is 0.348 e. The first-order valence-corrected chi connectivity index (χ1v) is 12.0. The second-order valence-electron chi connectivity index (χ2n) is 8.38. The quantitative estimate of drug-likeness (QED) is 0.473. The zero-order valence-corrected chi connectivity index (χ0v) is 20.1. The van der Waals surface area contributed by atoms with E-state index in [-0.39, 0.29) is 17.7 Å². The molecular weight excluding hydrogens is 471 g/mol. The molecule has 4 rings (SSSR count). The number of nitrogens with one attached hydrogen (secondary N) is 2. The number of aromatic nitrogens is 1. The summed E-state index contributed by atoms with van der Waals surface area (Å²) >= 11 is 12.1. The molecule has 3 aromatic rings. The van der Waals surface area contributed by atoms with Gasteiger partial charge >= 0.3 is 0 Å². The summed E-state index contributed by atoms with van der Waals surface area (Å²) in [6.45, 7) is 2.76. The topological polar surface area (TPSA) is 74.3 Å². The van der Waals surface area contributed by atoms with Crippen LogP contribution in [0.25, 0.3) is 0 Å². The molecule has 0 atom stereocenters. The van der Waals surface area contributed by atoms with Crippen molar-refractivity contribution in [2.75, 3.05) is 18.4 Å². The van der Waals surface area contributed by atoms with Crippen LogP contribution in [0.3, 0.4) is 0 Å². The molecule has 0 radical (unpaired) electrons. The molecule has 1 fully saturated rings. The average molecular weight is 497 g/mol. The molecule has 1 aromatic heterocycles. The molecule has 0 aliphatic carbocycles. The Morgan fingerprint density at radius 2 is 1.76 bits per heavy atom. The third-order valence-electron chi connectivity index (χ3n) is 5.95. The van der Waals surface area contributed by atoms with Crippen molar-refractivity contribution in [2.45, 2.75) is 25.9 Å². The number of para-hydroxylation sites is 1. The Morgan fingerprint density at radius 3 is 2.50 bits per heavy atom. The molecule has 0 spiro atoms. The normalized spacial score (nSPS) is 14.5. The van der Waals surface area contributed by atoms with Gasteiger partial charge in [0.2, 0.25) is 5.91 Å². The second-order valence-corrected chi connectivity index (χ2v) is 9.19. The van der Waals surface area contributed by atoms with Crippen molar-refractivity contribution >= 4 is 40.7 Å². The highest BCUT2D eigenvalue weighted by Crippen LogP contribution is 2.26. The van der Waals surface area contributed by atoms with Gasteiger partial charge < -0.3 is 10.6 Å². The Kier molecular flexibility index (Phi) is 8.16. The number of carbonyl (C=O) groups excluding carboxylic acids is 2. The van der Waals surface area contributed by atoms with Crippen molar-refractivity contribution in [2.24, 2.45) is 5.92 Å². The van der Waals surface area contributed by atoms with E-state index in [9.17, 15) is 9.59 Å². The molecule has 176 valence electrons. The van der Waals surface area contributed by atoms with E-state index in [1.165, 1.54) is 0 Å². The highest BCUT2D eigenvalue weighted by Gasteiger charge is 2.26. The van der Waals surface area contributed by atoms with Crippen molar-refractivity contribution < 1.29 is 9.59 Å². The van der Waals surface area contributed by atoms with Gasteiger partial charge in [0.15, 0.2) is 0 Å². The number of rotatable bonds is 7. The number of hydrogen-bond acceptors (Lipinski definition) is 4.